The summed E-state index contributed by atoms with van der Waals surface area (Å²) in [7, 11) is 0. The van der Waals surface area contributed by atoms with E-state index in [-0.39, 0.29) is 0 Å². The zero-order chi connectivity index (χ0) is 18.5. The van der Waals surface area contributed by atoms with Gasteiger partial charge in [0.2, 0.25) is 0 Å². The van der Waals surface area contributed by atoms with Gasteiger partial charge in [0, 0.05) is 19.6 Å². The van der Waals surface area contributed by atoms with Crippen molar-refractivity contribution >= 4 is 35.3 Å². The lowest BCUT2D eigenvalue weighted by Gasteiger charge is -2.21. The molecule has 1 nitrogen and oxygen atoms in total. The Bertz CT molecular complexity index is 1140. The van der Waals surface area contributed by atoms with Crippen LogP contribution in [0.1, 0.15) is 0 Å². The minimum atomic E-state index is 0.936. The van der Waals surface area contributed by atoms with E-state index < -0.39 is 0 Å². The Kier molecular flexibility index (Phi) is 3.96. The molecule has 6 rings (SSSR count). The predicted octanol–water partition coefficient (Wildman–Crippen LogP) is 8.23. The molecule has 2 heterocycles. The van der Waals surface area contributed by atoms with Gasteiger partial charge < -0.3 is 4.74 Å². The van der Waals surface area contributed by atoms with E-state index in [0.717, 1.165) is 11.5 Å². The number of ether oxygens (including phenoxy) is 1. The summed E-state index contributed by atoms with van der Waals surface area (Å²) in [5.74, 6) is 1.87. The molecule has 0 aliphatic carbocycles. The van der Waals surface area contributed by atoms with Crippen LogP contribution in [0.5, 0.6) is 11.5 Å². The lowest BCUT2D eigenvalue weighted by Crippen LogP contribution is -1.95. The van der Waals surface area contributed by atoms with Gasteiger partial charge in [-0.1, -0.05) is 71.7 Å². The summed E-state index contributed by atoms with van der Waals surface area (Å²) >= 11 is 5.48. The van der Waals surface area contributed by atoms with E-state index in [2.05, 4.69) is 72.8 Å². The minimum absolute atomic E-state index is 0.936. The molecule has 0 unspecified atom stereocenters. The molecule has 0 bridgehead atoms. The Balaban J connectivity index is 1.36. The third-order valence-electron chi connectivity index (χ3n) is 4.80. The van der Waals surface area contributed by atoms with E-state index in [4.69, 9.17) is 4.74 Å². The van der Waals surface area contributed by atoms with Gasteiger partial charge in [-0.3, -0.25) is 0 Å². The molecule has 4 heteroatoms. The van der Waals surface area contributed by atoms with Gasteiger partial charge in [-0.05, 0) is 59.7 Å². The second-order valence-corrected chi connectivity index (χ2v) is 9.88. The molecule has 0 spiro atoms. The topological polar surface area (TPSA) is 9.23 Å². The Hall–Kier alpha value is -2.27. The zero-order valence-corrected chi connectivity index (χ0v) is 17.2. The molecule has 0 N–H and O–H groups in total. The van der Waals surface area contributed by atoms with Gasteiger partial charge in [0.05, 0.1) is 9.79 Å². The van der Waals surface area contributed by atoms with Crippen molar-refractivity contribution in [3.05, 3.63) is 84.9 Å². The SMILES string of the molecule is c1ccc2c(c1)Oc1cc(-c3ccc4c(c3)Sc3ccccc3S4)ccc1S2. The molecule has 0 fully saturated rings. The molecule has 2 aliphatic rings. The molecule has 0 amide bonds. The molecule has 0 saturated carbocycles. The third-order valence-corrected chi connectivity index (χ3v) is 8.46. The molecule has 0 saturated heterocycles. The number of rotatable bonds is 1. The standard InChI is InChI=1S/C24H14OS3/c1-2-6-19-17(5-1)25-18-13-15(9-11-20(18)26-19)16-10-12-23-24(14-16)28-22-8-4-3-7-21(22)27-23/h1-14H. The molecular weight excluding hydrogens is 400 g/mol. The molecule has 0 aromatic heterocycles. The van der Waals surface area contributed by atoms with Crippen molar-refractivity contribution in [2.45, 2.75) is 29.4 Å². The highest BCUT2D eigenvalue weighted by Gasteiger charge is 2.20. The van der Waals surface area contributed by atoms with Crippen molar-refractivity contribution in [2.75, 3.05) is 0 Å². The molecule has 4 aromatic rings. The van der Waals surface area contributed by atoms with Gasteiger partial charge in [-0.25, -0.2) is 0 Å². The third kappa shape index (κ3) is 2.84. The van der Waals surface area contributed by atoms with Crippen molar-refractivity contribution < 1.29 is 4.74 Å². The first-order valence-corrected chi connectivity index (χ1v) is 11.5. The molecule has 2 aliphatic heterocycles. The van der Waals surface area contributed by atoms with E-state index in [9.17, 15) is 0 Å². The van der Waals surface area contributed by atoms with Crippen molar-refractivity contribution in [2.24, 2.45) is 0 Å². The van der Waals surface area contributed by atoms with Gasteiger partial charge in [0.25, 0.3) is 0 Å². The van der Waals surface area contributed by atoms with Crippen LogP contribution in [-0.4, -0.2) is 0 Å². The van der Waals surface area contributed by atoms with Crippen LogP contribution in [0.3, 0.4) is 0 Å². The fourth-order valence-corrected chi connectivity index (χ4v) is 6.60. The maximum Gasteiger partial charge on any atom is 0.142 e. The maximum absolute atomic E-state index is 6.17. The number of hydrogen-bond acceptors (Lipinski definition) is 4. The van der Waals surface area contributed by atoms with Crippen LogP contribution in [0.4, 0.5) is 0 Å². The molecule has 0 radical (unpaired) electrons. The predicted molar refractivity (Wildman–Crippen MR) is 117 cm³/mol. The molecule has 4 aromatic carbocycles. The van der Waals surface area contributed by atoms with Crippen molar-refractivity contribution in [1.29, 1.82) is 0 Å². The van der Waals surface area contributed by atoms with Gasteiger partial charge >= 0.3 is 0 Å². The van der Waals surface area contributed by atoms with Crippen LogP contribution in [0.2, 0.25) is 0 Å². The molecule has 0 atom stereocenters. The first-order valence-electron chi connectivity index (χ1n) is 9.01. The number of benzene rings is 4. The smallest absolute Gasteiger partial charge is 0.142 e. The molecular formula is C24H14OS3. The number of para-hydroxylation sites is 1. The lowest BCUT2D eigenvalue weighted by molar-refractivity contribution is 0.455. The number of fused-ring (bicyclic) bond motifs is 4. The summed E-state index contributed by atoms with van der Waals surface area (Å²) in [6.07, 6.45) is 0. The fourth-order valence-electron chi connectivity index (χ4n) is 3.41. The average molecular weight is 415 g/mol. The van der Waals surface area contributed by atoms with Crippen molar-refractivity contribution in [1.82, 2.24) is 0 Å². The Morgan fingerprint density at radius 3 is 1.79 bits per heavy atom. The Morgan fingerprint density at radius 2 is 0.964 bits per heavy atom. The highest BCUT2D eigenvalue weighted by molar-refractivity contribution is 8.05. The minimum Gasteiger partial charge on any atom is -0.455 e. The normalized spacial score (nSPS) is 13.6. The van der Waals surface area contributed by atoms with E-state index >= 15 is 0 Å². The van der Waals surface area contributed by atoms with E-state index in [1.54, 1.807) is 11.8 Å². The van der Waals surface area contributed by atoms with E-state index in [1.807, 2.05) is 35.7 Å². The van der Waals surface area contributed by atoms with Gasteiger partial charge in [-0.2, -0.15) is 0 Å². The van der Waals surface area contributed by atoms with Crippen LogP contribution in [0, 0.1) is 0 Å². The summed E-state index contributed by atoms with van der Waals surface area (Å²) in [5, 5.41) is 0. The largest absolute Gasteiger partial charge is 0.455 e. The summed E-state index contributed by atoms with van der Waals surface area (Å²) in [6.45, 7) is 0. The van der Waals surface area contributed by atoms with Crippen LogP contribution < -0.4 is 4.74 Å². The fraction of sp³-hybridized carbons (Fsp3) is 0. The number of hydrogen-bond donors (Lipinski definition) is 0. The summed E-state index contributed by atoms with van der Waals surface area (Å²) in [5.41, 5.74) is 2.41. The van der Waals surface area contributed by atoms with E-state index in [1.165, 1.54) is 40.5 Å². The highest BCUT2D eigenvalue weighted by Crippen LogP contribution is 2.50. The zero-order valence-electron chi connectivity index (χ0n) is 14.7. The highest BCUT2D eigenvalue weighted by atomic mass is 32.2. The summed E-state index contributed by atoms with van der Waals surface area (Å²) in [4.78, 5) is 7.65. The first kappa shape index (κ1) is 16.7. The molecule has 28 heavy (non-hydrogen) atoms. The van der Waals surface area contributed by atoms with Gasteiger partial charge in [0.15, 0.2) is 0 Å². The lowest BCUT2D eigenvalue weighted by atomic mass is 10.1. The maximum atomic E-state index is 6.17. The van der Waals surface area contributed by atoms with Crippen molar-refractivity contribution in [3.63, 3.8) is 0 Å². The second-order valence-electron chi connectivity index (χ2n) is 6.62. The Labute approximate surface area is 176 Å². The quantitative estimate of drug-likeness (QED) is 0.268. The van der Waals surface area contributed by atoms with Gasteiger partial charge in [-0.15, -0.1) is 0 Å². The van der Waals surface area contributed by atoms with Crippen LogP contribution in [-0.2, 0) is 0 Å². The van der Waals surface area contributed by atoms with Crippen LogP contribution >= 0.6 is 35.3 Å². The molecule has 134 valence electrons. The van der Waals surface area contributed by atoms with Gasteiger partial charge in [0.1, 0.15) is 11.5 Å². The van der Waals surface area contributed by atoms with E-state index in [0.29, 0.717) is 0 Å². The average Bonchev–Trinajstić information content (AvgIpc) is 2.75. The first-order chi connectivity index (χ1) is 13.8. The van der Waals surface area contributed by atoms with Crippen LogP contribution in [0.15, 0.2) is 114 Å². The van der Waals surface area contributed by atoms with Crippen LogP contribution in [0.25, 0.3) is 11.1 Å². The summed E-state index contributed by atoms with van der Waals surface area (Å²) in [6, 6.07) is 30.1. The van der Waals surface area contributed by atoms with Crippen molar-refractivity contribution in [3.8, 4) is 22.6 Å². The Morgan fingerprint density at radius 1 is 0.429 bits per heavy atom. The monoisotopic (exact) mass is 414 g/mol. The second kappa shape index (κ2) is 6.66. The summed E-state index contributed by atoms with van der Waals surface area (Å²) < 4.78 is 6.17.